The van der Waals surface area contributed by atoms with E-state index in [0.29, 0.717) is 5.76 Å². The highest BCUT2D eigenvalue weighted by molar-refractivity contribution is 5.07. The van der Waals surface area contributed by atoms with Crippen molar-refractivity contribution in [2.24, 2.45) is 0 Å². The Balaban J connectivity index is 4.10. The Morgan fingerprint density at radius 3 is 2.45 bits per heavy atom. The second-order valence-electron chi connectivity index (χ2n) is 1.78. The summed E-state index contributed by atoms with van der Waals surface area (Å²) in [5.41, 5.74) is 0. The van der Waals surface area contributed by atoms with Gasteiger partial charge in [0.05, 0.1) is 26.7 Å². The van der Waals surface area contributed by atoms with Crippen LogP contribution in [-0.4, -0.2) is 31.4 Å². The highest BCUT2D eigenvalue weighted by Crippen LogP contribution is 1.98. The van der Waals surface area contributed by atoms with Gasteiger partial charge in [0.2, 0.25) is 0 Å². The quantitative estimate of drug-likeness (QED) is 0.378. The first-order chi connectivity index (χ1) is 5.24. The van der Waals surface area contributed by atoms with Gasteiger partial charge in [-0.1, -0.05) is 0 Å². The van der Waals surface area contributed by atoms with E-state index in [2.05, 4.69) is 0 Å². The zero-order chi connectivity index (χ0) is 8.69. The van der Waals surface area contributed by atoms with Gasteiger partial charge < -0.3 is 9.84 Å². The van der Waals surface area contributed by atoms with Crippen LogP contribution in [0.2, 0.25) is 0 Å². The highest BCUT2D eigenvalue weighted by Gasteiger charge is 1.91. The van der Waals surface area contributed by atoms with Crippen molar-refractivity contribution in [1.82, 2.24) is 5.06 Å². The monoisotopic (exact) mass is 159 g/mol. The summed E-state index contributed by atoms with van der Waals surface area (Å²) in [5, 5.41) is 9.85. The fourth-order valence-electron chi connectivity index (χ4n) is 0.469. The molecule has 0 aromatic heterocycles. The van der Waals surface area contributed by atoms with Crippen LogP contribution in [0.4, 0.5) is 0 Å². The molecule has 64 valence electrons. The van der Waals surface area contributed by atoms with E-state index in [9.17, 15) is 0 Å². The van der Waals surface area contributed by atoms with Crippen LogP contribution >= 0.6 is 0 Å². The van der Waals surface area contributed by atoms with Crippen LogP contribution in [-0.2, 0) is 9.57 Å². The first-order valence-corrected chi connectivity index (χ1v) is 3.08. The number of aliphatic hydroxyl groups excluding tert-OH is 1. The lowest BCUT2D eigenvalue weighted by atomic mass is 10.5. The summed E-state index contributed by atoms with van der Waals surface area (Å²) in [6, 6.07) is 0. The standard InChI is InChI=1S/C7H13NO3/c1-8(11-3)6-7(10-2)4-5-9/h4-6,9H,1-3H3/b5-4+,7-6+. The lowest BCUT2D eigenvalue weighted by molar-refractivity contribution is -0.0671. The van der Waals surface area contributed by atoms with Crippen molar-refractivity contribution in [3.8, 4) is 0 Å². The summed E-state index contributed by atoms with van der Waals surface area (Å²) in [4.78, 5) is 4.79. The number of hydrogen-bond acceptors (Lipinski definition) is 4. The SMILES string of the molecule is COC(/C=C/O)=C/N(C)OC. The average Bonchev–Trinajstić information content (AvgIpc) is 2.03. The summed E-state index contributed by atoms with van der Waals surface area (Å²) in [5.74, 6) is 0.511. The van der Waals surface area contributed by atoms with E-state index in [4.69, 9.17) is 14.7 Å². The van der Waals surface area contributed by atoms with E-state index in [1.807, 2.05) is 0 Å². The minimum atomic E-state index is 0.511. The fraction of sp³-hybridized carbons (Fsp3) is 0.429. The number of nitrogens with zero attached hydrogens (tertiary/aromatic N) is 1. The van der Waals surface area contributed by atoms with Crippen molar-refractivity contribution in [2.45, 2.75) is 0 Å². The minimum absolute atomic E-state index is 0.511. The van der Waals surface area contributed by atoms with Crippen LogP contribution in [0.25, 0.3) is 0 Å². The van der Waals surface area contributed by atoms with Gasteiger partial charge in [-0.2, -0.15) is 0 Å². The van der Waals surface area contributed by atoms with Crippen molar-refractivity contribution in [2.75, 3.05) is 21.3 Å². The van der Waals surface area contributed by atoms with Crippen molar-refractivity contribution in [1.29, 1.82) is 0 Å². The van der Waals surface area contributed by atoms with Crippen LogP contribution in [0.5, 0.6) is 0 Å². The molecule has 0 saturated heterocycles. The number of ether oxygens (including phenoxy) is 1. The van der Waals surface area contributed by atoms with Crippen molar-refractivity contribution >= 4 is 0 Å². The number of aliphatic hydroxyl groups is 1. The molecular formula is C7H13NO3. The van der Waals surface area contributed by atoms with Gasteiger partial charge in [0, 0.05) is 13.1 Å². The van der Waals surface area contributed by atoms with Crippen molar-refractivity contribution < 1.29 is 14.7 Å². The zero-order valence-electron chi connectivity index (χ0n) is 6.94. The molecule has 0 aliphatic rings. The first kappa shape index (κ1) is 9.84. The van der Waals surface area contributed by atoms with Gasteiger partial charge in [-0.05, 0) is 0 Å². The molecule has 0 aliphatic carbocycles. The molecule has 0 rings (SSSR count). The van der Waals surface area contributed by atoms with Gasteiger partial charge in [0.15, 0.2) is 0 Å². The fourth-order valence-corrected chi connectivity index (χ4v) is 0.469. The molecule has 1 N–H and O–H groups in total. The van der Waals surface area contributed by atoms with Gasteiger partial charge in [-0.25, -0.2) is 0 Å². The number of hydrogen-bond donors (Lipinski definition) is 1. The molecule has 0 amide bonds. The number of hydroxylamine groups is 2. The molecule has 0 spiro atoms. The Bertz CT molecular complexity index is 154. The molecule has 4 nitrogen and oxygen atoms in total. The predicted molar refractivity (Wildman–Crippen MR) is 41.6 cm³/mol. The van der Waals surface area contributed by atoms with Crippen LogP contribution in [0.3, 0.4) is 0 Å². The van der Waals surface area contributed by atoms with E-state index < -0.39 is 0 Å². The van der Waals surface area contributed by atoms with Crippen molar-refractivity contribution in [3.63, 3.8) is 0 Å². The third-order valence-corrected chi connectivity index (χ3v) is 1.07. The van der Waals surface area contributed by atoms with E-state index in [1.165, 1.54) is 25.4 Å². The molecule has 0 heterocycles. The largest absolute Gasteiger partial charge is 0.515 e. The third kappa shape index (κ3) is 4.27. The Labute approximate surface area is 66.3 Å². The van der Waals surface area contributed by atoms with E-state index in [-0.39, 0.29) is 0 Å². The summed E-state index contributed by atoms with van der Waals surface area (Å²) >= 11 is 0. The van der Waals surface area contributed by atoms with Crippen LogP contribution in [0.1, 0.15) is 0 Å². The summed E-state index contributed by atoms with van der Waals surface area (Å²) in [6.07, 6.45) is 3.90. The summed E-state index contributed by atoms with van der Waals surface area (Å²) in [6.45, 7) is 0. The second-order valence-corrected chi connectivity index (χ2v) is 1.78. The molecule has 0 fully saturated rings. The maximum atomic E-state index is 8.39. The van der Waals surface area contributed by atoms with Gasteiger partial charge in [-0.3, -0.25) is 9.90 Å². The maximum Gasteiger partial charge on any atom is 0.140 e. The van der Waals surface area contributed by atoms with E-state index in [1.54, 1.807) is 13.2 Å². The highest BCUT2D eigenvalue weighted by atomic mass is 16.7. The molecule has 11 heavy (non-hydrogen) atoms. The second kappa shape index (κ2) is 5.61. The molecular weight excluding hydrogens is 146 g/mol. The third-order valence-electron chi connectivity index (χ3n) is 1.07. The topological polar surface area (TPSA) is 41.9 Å². The maximum absolute atomic E-state index is 8.39. The molecule has 0 atom stereocenters. The molecule has 0 bridgehead atoms. The Morgan fingerprint density at radius 1 is 1.45 bits per heavy atom. The number of allylic oxidation sites excluding steroid dienone is 1. The van der Waals surface area contributed by atoms with Gasteiger partial charge >= 0.3 is 0 Å². The van der Waals surface area contributed by atoms with Crippen LogP contribution < -0.4 is 0 Å². The Kier molecular flexibility index (Phi) is 5.02. The lowest BCUT2D eigenvalue weighted by Crippen LogP contribution is -2.09. The zero-order valence-corrected chi connectivity index (χ0v) is 6.94. The van der Waals surface area contributed by atoms with Crippen molar-refractivity contribution in [3.05, 3.63) is 24.3 Å². The van der Waals surface area contributed by atoms with Gasteiger partial charge in [-0.15, -0.1) is 0 Å². The molecule has 4 heteroatoms. The van der Waals surface area contributed by atoms with Gasteiger partial charge in [0.25, 0.3) is 0 Å². The molecule has 0 saturated carbocycles. The summed E-state index contributed by atoms with van der Waals surface area (Å²) in [7, 11) is 4.76. The molecule has 0 aromatic carbocycles. The molecule has 0 radical (unpaired) electrons. The molecule has 0 aliphatic heterocycles. The number of methoxy groups -OCH3 is 1. The minimum Gasteiger partial charge on any atom is -0.515 e. The average molecular weight is 159 g/mol. The predicted octanol–water partition coefficient (Wildman–Crippen LogP) is 1.04. The van der Waals surface area contributed by atoms with Crippen LogP contribution in [0.15, 0.2) is 24.3 Å². The summed E-state index contributed by atoms with van der Waals surface area (Å²) < 4.78 is 4.86. The van der Waals surface area contributed by atoms with Crippen LogP contribution in [0, 0.1) is 0 Å². The normalized spacial score (nSPS) is 12.1. The van der Waals surface area contributed by atoms with E-state index >= 15 is 0 Å². The Morgan fingerprint density at radius 2 is 2.09 bits per heavy atom. The number of rotatable bonds is 4. The molecule has 0 unspecified atom stereocenters. The first-order valence-electron chi connectivity index (χ1n) is 3.08. The smallest absolute Gasteiger partial charge is 0.140 e. The van der Waals surface area contributed by atoms with Gasteiger partial charge in [0.1, 0.15) is 5.76 Å². The molecule has 0 aromatic rings. The lowest BCUT2D eigenvalue weighted by Gasteiger charge is -2.10. The Hall–Kier alpha value is -1.16. The van der Waals surface area contributed by atoms with E-state index in [0.717, 1.165) is 6.26 Å².